The Hall–Kier alpha value is -2.79. The van der Waals surface area contributed by atoms with E-state index in [1.807, 2.05) is 37.3 Å². The maximum Gasteiger partial charge on any atom is 0.258 e. The summed E-state index contributed by atoms with van der Waals surface area (Å²) in [4.78, 5) is 17.0. The number of fused-ring (bicyclic) bond motifs is 1. The Morgan fingerprint density at radius 2 is 2.04 bits per heavy atom. The minimum absolute atomic E-state index is 0.165. The third kappa shape index (κ3) is 4.37. The molecule has 0 atom stereocenters. The molecule has 2 aromatic heterocycles. The van der Waals surface area contributed by atoms with Crippen molar-refractivity contribution in [1.29, 1.82) is 0 Å². The van der Waals surface area contributed by atoms with E-state index in [0.29, 0.717) is 34.5 Å². The summed E-state index contributed by atoms with van der Waals surface area (Å²) in [5, 5.41) is 0.378. The van der Waals surface area contributed by atoms with E-state index in [0.717, 1.165) is 24.1 Å². The van der Waals surface area contributed by atoms with Gasteiger partial charge in [-0.3, -0.25) is 9.20 Å². The Labute approximate surface area is 169 Å². The molecule has 0 amide bonds. The van der Waals surface area contributed by atoms with Crippen molar-refractivity contribution in [3.8, 4) is 11.5 Å². The quantitative estimate of drug-likeness (QED) is 0.529. The van der Waals surface area contributed by atoms with Crippen LogP contribution in [0.4, 0.5) is 0 Å². The number of aryl methyl sites for hydroxylation is 1. The summed E-state index contributed by atoms with van der Waals surface area (Å²) in [7, 11) is 1.60. The van der Waals surface area contributed by atoms with Crippen LogP contribution in [0.3, 0.4) is 0 Å². The molecule has 0 aliphatic heterocycles. The number of aromatic nitrogens is 2. The fourth-order valence-corrected chi connectivity index (χ4v) is 3.10. The zero-order chi connectivity index (χ0) is 20.1. The van der Waals surface area contributed by atoms with Gasteiger partial charge < -0.3 is 9.47 Å². The molecule has 6 heteroatoms. The largest absolute Gasteiger partial charge is 0.493 e. The number of unbranched alkanes of at least 4 members (excludes halogenated alkanes) is 1. The minimum atomic E-state index is -0.165. The number of nitrogens with zero attached hydrogens (tertiary/aromatic N) is 2. The molecule has 0 saturated heterocycles. The lowest BCUT2D eigenvalue weighted by Crippen LogP contribution is -2.16. The summed E-state index contributed by atoms with van der Waals surface area (Å²) < 4.78 is 12.7. The van der Waals surface area contributed by atoms with Crippen molar-refractivity contribution in [3.63, 3.8) is 0 Å². The number of hydrogen-bond acceptors (Lipinski definition) is 4. The molecule has 0 unspecified atom stereocenters. The highest BCUT2D eigenvalue weighted by atomic mass is 35.5. The molecule has 1 aromatic carbocycles. The molecule has 0 radical (unpaired) electrons. The molecule has 146 valence electrons. The predicted octanol–water partition coefficient (Wildman–Crippen LogP) is 4.93. The standard InChI is InChI=1S/C22H23ClN2O3/c1-4-5-11-28-19-10-9-16(13-20(19)27-3)12-17(23)18-14-22(26)25-15(2)7-6-8-21(25)24-18/h6-10,12-14H,4-5,11H2,1-3H3/b17-12-. The number of halogens is 1. The van der Waals surface area contributed by atoms with Gasteiger partial charge >= 0.3 is 0 Å². The monoisotopic (exact) mass is 398 g/mol. The zero-order valence-corrected chi connectivity index (χ0v) is 17.0. The Balaban J connectivity index is 1.93. The van der Waals surface area contributed by atoms with Gasteiger partial charge in [0.25, 0.3) is 5.56 Å². The van der Waals surface area contributed by atoms with Crippen LogP contribution in [0, 0.1) is 6.92 Å². The fraction of sp³-hybridized carbons (Fsp3) is 0.273. The molecule has 3 rings (SSSR count). The van der Waals surface area contributed by atoms with Crippen LogP contribution in [-0.4, -0.2) is 23.1 Å². The van der Waals surface area contributed by atoms with Crippen LogP contribution < -0.4 is 15.0 Å². The first-order chi connectivity index (χ1) is 13.5. The van der Waals surface area contributed by atoms with Crippen molar-refractivity contribution in [2.45, 2.75) is 26.7 Å². The van der Waals surface area contributed by atoms with Crippen LogP contribution in [0.2, 0.25) is 0 Å². The number of hydrogen-bond donors (Lipinski definition) is 0. The lowest BCUT2D eigenvalue weighted by molar-refractivity contribution is 0.288. The van der Waals surface area contributed by atoms with Gasteiger partial charge in [-0.25, -0.2) is 4.98 Å². The SMILES string of the molecule is CCCCOc1ccc(/C=C(\Cl)c2cc(=O)n3c(C)cccc3n2)cc1OC. The van der Waals surface area contributed by atoms with Gasteiger partial charge in [-0.2, -0.15) is 0 Å². The van der Waals surface area contributed by atoms with Gasteiger partial charge in [0.15, 0.2) is 11.5 Å². The molecule has 0 spiro atoms. The molecule has 28 heavy (non-hydrogen) atoms. The summed E-state index contributed by atoms with van der Waals surface area (Å²) in [6, 6.07) is 12.6. The molecule has 3 aromatic rings. The Bertz CT molecular complexity index is 1070. The molecule has 0 aliphatic rings. The van der Waals surface area contributed by atoms with E-state index in [-0.39, 0.29) is 5.56 Å². The van der Waals surface area contributed by atoms with E-state index in [1.165, 1.54) is 6.07 Å². The van der Waals surface area contributed by atoms with Crippen LogP contribution >= 0.6 is 11.6 Å². The highest BCUT2D eigenvalue weighted by Crippen LogP contribution is 2.30. The average Bonchev–Trinajstić information content (AvgIpc) is 2.68. The molecule has 5 nitrogen and oxygen atoms in total. The van der Waals surface area contributed by atoms with Gasteiger partial charge in [0, 0.05) is 11.8 Å². The van der Waals surface area contributed by atoms with Crippen molar-refractivity contribution in [3.05, 3.63) is 69.8 Å². The van der Waals surface area contributed by atoms with E-state index >= 15 is 0 Å². The van der Waals surface area contributed by atoms with Crippen molar-refractivity contribution in [2.75, 3.05) is 13.7 Å². The number of rotatable bonds is 7. The Morgan fingerprint density at radius 3 is 2.79 bits per heavy atom. The second-order valence-corrected chi connectivity index (χ2v) is 6.85. The lowest BCUT2D eigenvalue weighted by atomic mass is 10.1. The number of benzene rings is 1. The van der Waals surface area contributed by atoms with Crippen molar-refractivity contribution < 1.29 is 9.47 Å². The molecule has 0 saturated carbocycles. The van der Waals surface area contributed by atoms with Crippen LogP contribution in [0.15, 0.2) is 47.3 Å². The maximum absolute atomic E-state index is 12.4. The fourth-order valence-electron chi connectivity index (χ4n) is 2.88. The molecule has 0 fully saturated rings. The summed E-state index contributed by atoms with van der Waals surface area (Å²) in [5.41, 5.74) is 2.48. The van der Waals surface area contributed by atoms with Gasteiger partial charge in [-0.05, 0) is 49.2 Å². The molecular formula is C22H23ClN2O3. The predicted molar refractivity (Wildman–Crippen MR) is 113 cm³/mol. The minimum Gasteiger partial charge on any atom is -0.493 e. The summed E-state index contributed by atoms with van der Waals surface area (Å²) in [5.74, 6) is 1.33. The topological polar surface area (TPSA) is 52.8 Å². The third-order valence-electron chi connectivity index (χ3n) is 4.36. The van der Waals surface area contributed by atoms with Gasteiger partial charge in [-0.15, -0.1) is 0 Å². The highest BCUT2D eigenvalue weighted by Gasteiger charge is 2.09. The van der Waals surface area contributed by atoms with Gasteiger partial charge in [-0.1, -0.05) is 37.1 Å². The number of pyridine rings is 1. The normalized spacial score (nSPS) is 11.6. The Morgan fingerprint density at radius 1 is 1.21 bits per heavy atom. The molecule has 0 bridgehead atoms. The number of methoxy groups -OCH3 is 1. The highest BCUT2D eigenvalue weighted by molar-refractivity contribution is 6.51. The van der Waals surface area contributed by atoms with Crippen molar-refractivity contribution in [1.82, 2.24) is 9.38 Å². The van der Waals surface area contributed by atoms with Gasteiger partial charge in [0.1, 0.15) is 5.65 Å². The Kier molecular flexibility index (Phi) is 6.37. The first-order valence-corrected chi connectivity index (χ1v) is 9.59. The summed E-state index contributed by atoms with van der Waals surface area (Å²) >= 11 is 6.47. The van der Waals surface area contributed by atoms with E-state index < -0.39 is 0 Å². The van der Waals surface area contributed by atoms with E-state index in [2.05, 4.69) is 11.9 Å². The van der Waals surface area contributed by atoms with E-state index in [9.17, 15) is 4.79 Å². The maximum atomic E-state index is 12.4. The van der Waals surface area contributed by atoms with Gasteiger partial charge in [0.05, 0.1) is 24.4 Å². The second-order valence-electron chi connectivity index (χ2n) is 6.44. The van der Waals surface area contributed by atoms with E-state index in [1.54, 1.807) is 23.7 Å². The number of ether oxygens (including phenoxy) is 2. The molecule has 0 aliphatic carbocycles. The molecular weight excluding hydrogens is 376 g/mol. The van der Waals surface area contributed by atoms with Crippen LogP contribution in [-0.2, 0) is 0 Å². The average molecular weight is 399 g/mol. The molecule has 0 N–H and O–H groups in total. The van der Waals surface area contributed by atoms with E-state index in [4.69, 9.17) is 21.1 Å². The third-order valence-corrected chi connectivity index (χ3v) is 4.66. The van der Waals surface area contributed by atoms with Gasteiger partial charge in [0.2, 0.25) is 0 Å². The second kappa shape index (κ2) is 8.93. The molecule has 2 heterocycles. The van der Waals surface area contributed by atoms with Crippen LogP contribution in [0.25, 0.3) is 16.8 Å². The summed E-state index contributed by atoms with van der Waals surface area (Å²) in [6.45, 7) is 4.63. The smallest absolute Gasteiger partial charge is 0.258 e. The zero-order valence-electron chi connectivity index (χ0n) is 16.2. The first-order valence-electron chi connectivity index (χ1n) is 9.21. The van der Waals surface area contributed by atoms with Crippen LogP contribution in [0.1, 0.15) is 36.7 Å². The summed E-state index contributed by atoms with van der Waals surface area (Å²) in [6.07, 6.45) is 3.81. The van der Waals surface area contributed by atoms with Crippen LogP contribution in [0.5, 0.6) is 11.5 Å². The first kappa shape index (κ1) is 20.0. The van der Waals surface area contributed by atoms with Crippen molar-refractivity contribution >= 4 is 28.4 Å². The van der Waals surface area contributed by atoms with Crippen molar-refractivity contribution in [2.24, 2.45) is 0 Å². The lowest BCUT2D eigenvalue weighted by Gasteiger charge is -2.11.